The van der Waals surface area contributed by atoms with Crippen LogP contribution >= 0.6 is 11.6 Å². The molecule has 0 unspecified atom stereocenters. The highest BCUT2D eigenvalue weighted by molar-refractivity contribution is 6.30. The summed E-state index contributed by atoms with van der Waals surface area (Å²) in [5.41, 5.74) is 1.04. The molecule has 0 aliphatic carbocycles. The van der Waals surface area contributed by atoms with Crippen molar-refractivity contribution in [3.8, 4) is 0 Å². The van der Waals surface area contributed by atoms with Crippen molar-refractivity contribution in [2.24, 2.45) is 11.8 Å². The lowest BCUT2D eigenvalue weighted by Gasteiger charge is -2.49. The Balaban J connectivity index is 1.82. The van der Waals surface area contributed by atoms with Crippen LogP contribution in [0.15, 0.2) is 54.6 Å². The van der Waals surface area contributed by atoms with Gasteiger partial charge in [-0.3, -0.25) is 0 Å². The number of halogens is 1. The number of aliphatic hydroxyl groups is 1. The lowest BCUT2D eigenvalue weighted by atomic mass is 9.65. The molecule has 3 heterocycles. The first-order chi connectivity index (χ1) is 11.2. The number of piperidine rings is 3. The maximum atomic E-state index is 11.9. The van der Waals surface area contributed by atoms with Crippen molar-refractivity contribution in [1.82, 2.24) is 0 Å². The van der Waals surface area contributed by atoms with E-state index in [4.69, 9.17) is 11.6 Å². The standard InChI is InChI=1S/C20H22ClNO/c21-18-8-6-17(7-9-18)20(23,16-4-2-1-3-5-16)19-14-22-12-10-15(19)11-13-22/h1-9,15,19,23H,10-14H2/p+1/t19-,20+/m0/s1. The van der Waals surface area contributed by atoms with Crippen LogP contribution in [0.4, 0.5) is 0 Å². The fourth-order valence-corrected chi connectivity index (χ4v) is 4.74. The molecule has 0 saturated carbocycles. The van der Waals surface area contributed by atoms with Crippen molar-refractivity contribution < 1.29 is 10.0 Å². The number of rotatable bonds is 3. The minimum Gasteiger partial charge on any atom is -0.380 e. The summed E-state index contributed by atoms with van der Waals surface area (Å²) in [6.45, 7) is 3.57. The molecular weight excluding hydrogens is 306 g/mol. The normalized spacial score (nSPS) is 29.2. The monoisotopic (exact) mass is 328 g/mol. The van der Waals surface area contributed by atoms with E-state index in [9.17, 15) is 5.11 Å². The fourth-order valence-electron chi connectivity index (χ4n) is 4.61. The summed E-state index contributed by atoms with van der Waals surface area (Å²) >= 11 is 6.07. The molecule has 3 aliphatic rings. The number of quaternary nitrogens is 1. The largest absolute Gasteiger partial charge is 0.380 e. The molecule has 120 valence electrons. The van der Waals surface area contributed by atoms with E-state index in [0.717, 1.165) is 17.7 Å². The van der Waals surface area contributed by atoms with Crippen LogP contribution in [-0.2, 0) is 5.60 Å². The highest BCUT2D eigenvalue weighted by atomic mass is 35.5. The van der Waals surface area contributed by atoms with Gasteiger partial charge < -0.3 is 10.0 Å². The van der Waals surface area contributed by atoms with Crippen LogP contribution in [0, 0.1) is 11.8 Å². The van der Waals surface area contributed by atoms with Crippen molar-refractivity contribution in [1.29, 1.82) is 0 Å². The molecular formula is C20H23ClNO+. The SMILES string of the molecule is O[C@](c1ccccc1)(c1ccc(Cl)cc1)[C@H]1C[NH+]2CCC1CC2. The molecule has 0 spiro atoms. The lowest BCUT2D eigenvalue weighted by molar-refractivity contribution is -0.922. The average Bonchev–Trinajstić information content (AvgIpc) is 2.63. The molecule has 3 saturated heterocycles. The van der Waals surface area contributed by atoms with Crippen LogP contribution < -0.4 is 4.90 Å². The van der Waals surface area contributed by atoms with E-state index in [2.05, 4.69) is 12.1 Å². The zero-order chi connectivity index (χ0) is 15.9. The molecule has 3 fully saturated rings. The molecule has 2 aromatic carbocycles. The summed E-state index contributed by atoms with van der Waals surface area (Å²) in [5.74, 6) is 0.872. The summed E-state index contributed by atoms with van der Waals surface area (Å²) in [7, 11) is 0. The summed E-state index contributed by atoms with van der Waals surface area (Å²) in [4.78, 5) is 1.64. The van der Waals surface area contributed by atoms with E-state index in [0.29, 0.717) is 10.9 Å². The summed E-state index contributed by atoms with van der Waals surface area (Å²) in [6.07, 6.45) is 2.45. The molecule has 0 aromatic heterocycles. The molecule has 2 aromatic rings. The molecule has 2 atom stereocenters. The van der Waals surface area contributed by atoms with E-state index in [-0.39, 0.29) is 5.92 Å². The predicted octanol–water partition coefficient (Wildman–Crippen LogP) is 2.50. The molecule has 3 aliphatic heterocycles. The second kappa shape index (κ2) is 5.94. The highest BCUT2D eigenvalue weighted by Crippen LogP contribution is 2.43. The maximum Gasteiger partial charge on any atom is 0.123 e. The minimum absolute atomic E-state index is 0.267. The molecule has 0 radical (unpaired) electrons. The van der Waals surface area contributed by atoms with E-state index in [1.165, 1.54) is 25.9 Å². The number of hydrogen-bond donors (Lipinski definition) is 2. The van der Waals surface area contributed by atoms with Crippen LogP contribution in [0.3, 0.4) is 0 Å². The van der Waals surface area contributed by atoms with Gasteiger partial charge in [0, 0.05) is 23.8 Å². The summed E-state index contributed by atoms with van der Waals surface area (Å²) < 4.78 is 0. The zero-order valence-electron chi connectivity index (χ0n) is 13.2. The lowest BCUT2D eigenvalue weighted by Crippen LogP contribution is -3.16. The first-order valence-corrected chi connectivity index (χ1v) is 8.93. The Kier molecular flexibility index (Phi) is 3.92. The van der Waals surface area contributed by atoms with Gasteiger partial charge in [-0.25, -0.2) is 0 Å². The molecule has 2 nitrogen and oxygen atoms in total. The van der Waals surface area contributed by atoms with Crippen LogP contribution in [0.25, 0.3) is 0 Å². The molecule has 23 heavy (non-hydrogen) atoms. The van der Waals surface area contributed by atoms with Crippen LogP contribution in [0.1, 0.15) is 24.0 Å². The summed E-state index contributed by atoms with van der Waals surface area (Å²) in [6, 6.07) is 17.9. The second-order valence-electron chi connectivity index (χ2n) is 7.04. The highest BCUT2D eigenvalue weighted by Gasteiger charge is 2.50. The maximum absolute atomic E-state index is 11.9. The first kappa shape index (κ1) is 15.2. The molecule has 2 bridgehead atoms. The molecule has 3 heteroatoms. The van der Waals surface area contributed by atoms with Crippen molar-refractivity contribution in [2.75, 3.05) is 19.6 Å². The quantitative estimate of drug-likeness (QED) is 0.889. The third-order valence-electron chi connectivity index (χ3n) is 5.85. The molecule has 5 rings (SSSR count). The van der Waals surface area contributed by atoms with Crippen molar-refractivity contribution >= 4 is 11.6 Å². The van der Waals surface area contributed by atoms with Gasteiger partial charge in [0.1, 0.15) is 5.60 Å². The van der Waals surface area contributed by atoms with Crippen molar-refractivity contribution in [2.45, 2.75) is 18.4 Å². The smallest absolute Gasteiger partial charge is 0.123 e. The third kappa shape index (κ3) is 2.59. The van der Waals surface area contributed by atoms with Gasteiger partial charge in [-0.2, -0.15) is 0 Å². The van der Waals surface area contributed by atoms with Gasteiger partial charge in [0.25, 0.3) is 0 Å². The first-order valence-electron chi connectivity index (χ1n) is 8.55. The Labute approximate surface area is 142 Å². The van der Waals surface area contributed by atoms with Gasteiger partial charge in [-0.1, -0.05) is 54.1 Å². The molecule has 2 N–H and O–H groups in total. The number of fused-ring (bicyclic) bond motifs is 3. The average molecular weight is 329 g/mol. The van der Waals surface area contributed by atoms with E-state index >= 15 is 0 Å². The van der Waals surface area contributed by atoms with Gasteiger partial charge in [0.05, 0.1) is 19.6 Å². The van der Waals surface area contributed by atoms with Crippen LogP contribution in [0.2, 0.25) is 5.02 Å². The zero-order valence-corrected chi connectivity index (χ0v) is 14.0. The predicted molar refractivity (Wildman–Crippen MR) is 92.7 cm³/mol. The van der Waals surface area contributed by atoms with Gasteiger partial charge >= 0.3 is 0 Å². The van der Waals surface area contributed by atoms with Gasteiger partial charge in [0.15, 0.2) is 0 Å². The van der Waals surface area contributed by atoms with Crippen molar-refractivity contribution in [3.05, 3.63) is 70.7 Å². The third-order valence-corrected chi connectivity index (χ3v) is 6.10. The number of benzene rings is 2. The summed E-state index contributed by atoms with van der Waals surface area (Å²) in [5, 5.41) is 12.6. The van der Waals surface area contributed by atoms with E-state index in [1.807, 2.05) is 42.5 Å². The van der Waals surface area contributed by atoms with Crippen LogP contribution in [-0.4, -0.2) is 24.7 Å². The van der Waals surface area contributed by atoms with Gasteiger partial charge in [-0.05, 0) is 29.2 Å². The number of hydrogen-bond acceptors (Lipinski definition) is 1. The fraction of sp³-hybridized carbons (Fsp3) is 0.400. The Morgan fingerprint density at radius 3 is 2.09 bits per heavy atom. The Morgan fingerprint density at radius 1 is 0.913 bits per heavy atom. The second-order valence-corrected chi connectivity index (χ2v) is 7.47. The Hall–Kier alpha value is -1.35. The van der Waals surface area contributed by atoms with Gasteiger partial charge in [0.2, 0.25) is 0 Å². The Morgan fingerprint density at radius 2 is 1.52 bits per heavy atom. The Bertz CT molecular complexity index is 664. The van der Waals surface area contributed by atoms with Crippen molar-refractivity contribution in [3.63, 3.8) is 0 Å². The van der Waals surface area contributed by atoms with E-state index in [1.54, 1.807) is 4.90 Å². The number of nitrogens with one attached hydrogen (secondary N) is 1. The van der Waals surface area contributed by atoms with Gasteiger partial charge in [-0.15, -0.1) is 0 Å². The molecule has 0 amide bonds. The topological polar surface area (TPSA) is 24.7 Å². The van der Waals surface area contributed by atoms with E-state index < -0.39 is 5.60 Å². The minimum atomic E-state index is -0.928. The van der Waals surface area contributed by atoms with Crippen LogP contribution in [0.5, 0.6) is 0 Å².